The zero-order valence-electron chi connectivity index (χ0n) is 7.70. The van der Waals surface area contributed by atoms with Crippen LogP contribution in [-0.2, 0) is 4.79 Å². The number of aryl methyl sites for hydroxylation is 1. The van der Waals surface area contributed by atoms with E-state index in [2.05, 4.69) is 4.98 Å². The van der Waals surface area contributed by atoms with Crippen LogP contribution < -0.4 is 0 Å². The smallest absolute Gasteiger partial charge is 0.227 e. The van der Waals surface area contributed by atoms with Crippen LogP contribution in [0.4, 0.5) is 0 Å². The van der Waals surface area contributed by atoms with Crippen molar-refractivity contribution in [2.75, 3.05) is 0 Å². The van der Waals surface area contributed by atoms with Crippen LogP contribution in [0.15, 0.2) is 24.4 Å². The summed E-state index contributed by atoms with van der Waals surface area (Å²) in [6.07, 6.45) is 1.92. The second-order valence-corrected chi connectivity index (χ2v) is 3.18. The van der Waals surface area contributed by atoms with Gasteiger partial charge in [-0.05, 0) is 18.6 Å². The molecule has 1 aromatic heterocycles. The van der Waals surface area contributed by atoms with E-state index >= 15 is 0 Å². The molecule has 1 heterocycles. The van der Waals surface area contributed by atoms with Gasteiger partial charge in [-0.3, -0.25) is 9.59 Å². The van der Waals surface area contributed by atoms with Crippen LogP contribution in [0.1, 0.15) is 15.9 Å². The van der Waals surface area contributed by atoms with Crippen LogP contribution in [0.25, 0.3) is 10.9 Å². The standard InChI is InChI=1S/C11H9NO2/c1-7-3-2-4-9-11(7)8(5-12-9)10(14)6-13/h2-6,12H,1H3. The van der Waals surface area contributed by atoms with Crippen molar-refractivity contribution in [3.05, 3.63) is 35.5 Å². The number of aldehydes is 1. The predicted molar refractivity (Wildman–Crippen MR) is 53.4 cm³/mol. The molecule has 0 atom stereocenters. The van der Waals surface area contributed by atoms with Gasteiger partial charge in [-0.2, -0.15) is 0 Å². The zero-order chi connectivity index (χ0) is 10.1. The molecule has 70 valence electrons. The molecule has 0 saturated carbocycles. The van der Waals surface area contributed by atoms with Crippen molar-refractivity contribution < 1.29 is 9.59 Å². The minimum Gasteiger partial charge on any atom is -0.360 e. The number of carbonyl (C=O) groups is 2. The largest absolute Gasteiger partial charge is 0.360 e. The monoisotopic (exact) mass is 187 g/mol. The summed E-state index contributed by atoms with van der Waals surface area (Å²) in [6, 6.07) is 5.70. The minimum absolute atomic E-state index is 0.342. The van der Waals surface area contributed by atoms with Crippen LogP contribution in [-0.4, -0.2) is 17.1 Å². The van der Waals surface area contributed by atoms with E-state index < -0.39 is 5.78 Å². The maximum atomic E-state index is 11.3. The number of ketones is 1. The Morgan fingerprint density at radius 2 is 2.21 bits per heavy atom. The number of Topliss-reactive ketones (excluding diaryl/α,β-unsaturated/α-hetero) is 1. The molecule has 0 aliphatic heterocycles. The first-order valence-electron chi connectivity index (χ1n) is 4.30. The van der Waals surface area contributed by atoms with Gasteiger partial charge >= 0.3 is 0 Å². The number of hydrogen-bond donors (Lipinski definition) is 1. The highest BCUT2D eigenvalue weighted by molar-refractivity contribution is 6.36. The topological polar surface area (TPSA) is 49.9 Å². The molecule has 1 aromatic carbocycles. The van der Waals surface area contributed by atoms with Gasteiger partial charge in [0.15, 0.2) is 6.29 Å². The summed E-state index contributed by atoms with van der Waals surface area (Å²) in [5.74, 6) is -0.481. The average molecular weight is 187 g/mol. The van der Waals surface area contributed by atoms with E-state index in [-0.39, 0.29) is 0 Å². The van der Waals surface area contributed by atoms with Gasteiger partial charge in [0.2, 0.25) is 5.78 Å². The van der Waals surface area contributed by atoms with Gasteiger partial charge in [-0.25, -0.2) is 0 Å². The molecule has 14 heavy (non-hydrogen) atoms. The first-order chi connectivity index (χ1) is 6.74. The summed E-state index contributed by atoms with van der Waals surface area (Å²) in [4.78, 5) is 24.6. The van der Waals surface area contributed by atoms with Crippen molar-refractivity contribution in [2.45, 2.75) is 6.92 Å². The first kappa shape index (κ1) is 8.69. The van der Waals surface area contributed by atoms with Crippen molar-refractivity contribution in [1.82, 2.24) is 4.98 Å². The van der Waals surface area contributed by atoms with E-state index in [1.807, 2.05) is 25.1 Å². The lowest BCUT2D eigenvalue weighted by Crippen LogP contribution is -1.98. The summed E-state index contributed by atoms with van der Waals surface area (Å²) < 4.78 is 0. The summed E-state index contributed by atoms with van der Waals surface area (Å²) >= 11 is 0. The Morgan fingerprint density at radius 1 is 1.43 bits per heavy atom. The van der Waals surface area contributed by atoms with Crippen LogP contribution in [0.2, 0.25) is 0 Å². The molecular weight excluding hydrogens is 178 g/mol. The molecule has 0 amide bonds. The van der Waals surface area contributed by atoms with Crippen molar-refractivity contribution in [3.8, 4) is 0 Å². The number of hydrogen-bond acceptors (Lipinski definition) is 2. The van der Waals surface area contributed by atoms with E-state index in [1.54, 1.807) is 6.20 Å². The normalized spacial score (nSPS) is 10.4. The SMILES string of the molecule is Cc1cccc2[nH]cc(C(=O)C=O)c12. The van der Waals surface area contributed by atoms with Crippen molar-refractivity contribution in [1.29, 1.82) is 0 Å². The van der Waals surface area contributed by atoms with Crippen LogP contribution in [0.3, 0.4) is 0 Å². The molecule has 2 aromatic rings. The molecule has 0 aliphatic rings. The van der Waals surface area contributed by atoms with Gasteiger partial charge in [0.25, 0.3) is 0 Å². The summed E-state index contributed by atoms with van der Waals surface area (Å²) in [5, 5.41) is 0.838. The van der Waals surface area contributed by atoms with Gasteiger partial charge in [0, 0.05) is 17.1 Å². The highest BCUT2D eigenvalue weighted by Gasteiger charge is 2.11. The number of aromatic amines is 1. The fourth-order valence-electron chi connectivity index (χ4n) is 1.63. The highest BCUT2D eigenvalue weighted by atomic mass is 16.2. The maximum absolute atomic E-state index is 11.3. The van der Waals surface area contributed by atoms with E-state index in [4.69, 9.17) is 0 Å². The second kappa shape index (κ2) is 3.10. The lowest BCUT2D eigenvalue weighted by atomic mass is 10.1. The van der Waals surface area contributed by atoms with Gasteiger partial charge in [0.05, 0.1) is 5.56 Å². The lowest BCUT2D eigenvalue weighted by Gasteiger charge is -1.96. The van der Waals surface area contributed by atoms with Gasteiger partial charge < -0.3 is 4.98 Å². The third-order valence-electron chi connectivity index (χ3n) is 2.29. The molecular formula is C11H9NO2. The van der Waals surface area contributed by atoms with Crippen molar-refractivity contribution >= 4 is 23.0 Å². The van der Waals surface area contributed by atoms with E-state index in [1.165, 1.54) is 0 Å². The molecule has 0 radical (unpaired) electrons. The number of H-pyrrole nitrogens is 1. The number of aromatic nitrogens is 1. The van der Waals surface area contributed by atoms with Crippen LogP contribution >= 0.6 is 0 Å². The quantitative estimate of drug-likeness (QED) is 0.443. The van der Waals surface area contributed by atoms with Gasteiger partial charge in [-0.15, -0.1) is 0 Å². The third-order valence-corrected chi connectivity index (χ3v) is 2.29. The highest BCUT2D eigenvalue weighted by Crippen LogP contribution is 2.21. The van der Waals surface area contributed by atoms with Crippen molar-refractivity contribution in [2.24, 2.45) is 0 Å². The number of rotatable bonds is 2. The Labute approximate surface area is 80.7 Å². The fourth-order valence-corrected chi connectivity index (χ4v) is 1.63. The Morgan fingerprint density at radius 3 is 2.93 bits per heavy atom. The van der Waals surface area contributed by atoms with E-state index in [9.17, 15) is 9.59 Å². The molecule has 2 rings (SSSR count). The molecule has 3 heteroatoms. The van der Waals surface area contributed by atoms with Crippen LogP contribution in [0.5, 0.6) is 0 Å². The number of benzene rings is 1. The van der Waals surface area contributed by atoms with Crippen LogP contribution in [0, 0.1) is 6.92 Å². The number of carbonyl (C=O) groups excluding carboxylic acids is 2. The Bertz CT molecular complexity index is 511. The molecule has 1 N–H and O–H groups in total. The van der Waals surface area contributed by atoms with Gasteiger partial charge in [0.1, 0.15) is 0 Å². The summed E-state index contributed by atoms with van der Waals surface area (Å²) in [5.41, 5.74) is 2.33. The molecule has 0 aliphatic carbocycles. The molecule has 0 fully saturated rings. The lowest BCUT2D eigenvalue weighted by molar-refractivity contribution is -0.104. The fraction of sp³-hybridized carbons (Fsp3) is 0.0909. The molecule has 0 spiro atoms. The molecule has 0 bridgehead atoms. The Kier molecular flexibility index (Phi) is 1.93. The third kappa shape index (κ3) is 1.14. The number of fused-ring (bicyclic) bond motifs is 1. The van der Waals surface area contributed by atoms with Crippen molar-refractivity contribution in [3.63, 3.8) is 0 Å². The maximum Gasteiger partial charge on any atom is 0.227 e. The summed E-state index contributed by atoms with van der Waals surface area (Å²) in [6.45, 7) is 1.91. The molecule has 3 nitrogen and oxygen atoms in total. The van der Waals surface area contributed by atoms with E-state index in [0.717, 1.165) is 16.5 Å². The Hall–Kier alpha value is -1.90. The number of nitrogens with one attached hydrogen (secondary N) is 1. The van der Waals surface area contributed by atoms with Gasteiger partial charge in [-0.1, -0.05) is 12.1 Å². The predicted octanol–water partition coefficient (Wildman–Crippen LogP) is 1.86. The summed E-state index contributed by atoms with van der Waals surface area (Å²) in [7, 11) is 0. The molecule has 0 unspecified atom stereocenters. The zero-order valence-corrected chi connectivity index (χ0v) is 7.70. The molecule has 0 saturated heterocycles. The minimum atomic E-state index is -0.481. The van der Waals surface area contributed by atoms with E-state index in [0.29, 0.717) is 11.8 Å². The Balaban J connectivity index is 2.79. The first-order valence-corrected chi connectivity index (χ1v) is 4.30. The average Bonchev–Trinajstić information content (AvgIpc) is 2.62. The second-order valence-electron chi connectivity index (χ2n) is 3.18.